The molecule has 0 aliphatic rings. The van der Waals surface area contributed by atoms with Gasteiger partial charge in [-0.15, -0.1) is 12.8 Å². The van der Waals surface area contributed by atoms with E-state index in [-0.39, 0.29) is 36.2 Å². The Bertz CT molecular complexity index is 1040. The van der Waals surface area contributed by atoms with Crippen LogP contribution in [0.4, 0.5) is 0 Å². The number of hydrogen-bond acceptors (Lipinski definition) is 5. The topological polar surface area (TPSA) is 65.5 Å². The number of carbonyl (C=O) groups is 2. The molecule has 0 unspecified atom stereocenters. The van der Waals surface area contributed by atoms with Crippen molar-refractivity contribution in [2.75, 3.05) is 13.2 Å². The zero-order valence-electron chi connectivity index (χ0n) is 16.0. The van der Waals surface area contributed by atoms with Crippen molar-refractivity contribution in [2.24, 2.45) is 0 Å². The van der Waals surface area contributed by atoms with Crippen molar-refractivity contribution in [3.8, 4) is 36.2 Å². The Morgan fingerprint density at radius 3 is 1.47 bits per heavy atom. The lowest BCUT2D eigenvalue weighted by molar-refractivity contribution is 0.103. The standard InChI is InChI=1S/C25H17NO4/c1-3-16-29-20-12-8-18(9-13-20)24(27)22-6-5-7-23(26-22)25(28)19-10-14-21(15-11-19)30-17-4-2/h1-2,5-15H,16-17H2. The van der Waals surface area contributed by atoms with E-state index in [1.807, 2.05) is 0 Å². The van der Waals surface area contributed by atoms with Crippen LogP contribution in [0.3, 0.4) is 0 Å². The molecule has 0 aliphatic heterocycles. The van der Waals surface area contributed by atoms with Crippen LogP contribution in [-0.2, 0) is 0 Å². The summed E-state index contributed by atoms with van der Waals surface area (Å²) in [6.07, 6.45) is 10.3. The Labute approximate surface area is 174 Å². The monoisotopic (exact) mass is 395 g/mol. The molecule has 3 rings (SSSR count). The molecule has 5 heteroatoms. The summed E-state index contributed by atoms with van der Waals surface area (Å²) in [4.78, 5) is 29.8. The molecule has 0 spiro atoms. The molecule has 0 aliphatic carbocycles. The number of benzene rings is 2. The van der Waals surface area contributed by atoms with Gasteiger partial charge in [-0.1, -0.05) is 17.9 Å². The van der Waals surface area contributed by atoms with Crippen molar-refractivity contribution in [3.05, 3.63) is 89.2 Å². The summed E-state index contributed by atoms with van der Waals surface area (Å²) in [7, 11) is 0. The van der Waals surface area contributed by atoms with Crippen molar-refractivity contribution in [1.82, 2.24) is 4.98 Å². The summed E-state index contributed by atoms with van der Waals surface area (Å²) >= 11 is 0. The molecule has 2 aromatic carbocycles. The second-order valence-electron chi connectivity index (χ2n) is 6.10. The fourth-order valence-corrected chi connectivity index (χ4v) is 2.64. The van der Waals surface area contributed by atoms with Gasteiger partial charge in [0.25, 0.3) is 0 Å². The van der Waals surface area contributed by atoms with Gasteiger partial charge in [-0.25, -0.2) is 4.98 Å². The smallest absolute Gasteiger partial charge is 0.211 e. The molecule has 30 heavy (non-hydrogen) atoms. The van der Waals surface area contributed by atoms with Crippen LogP contribution in [0.2, 0.25) is 0 Å². The minimum Gasteiger partial charge on any atom is -0.481 e. The molecule has 0 atom stereocenters. The minimum atomic E-state index is -0.300. The molecule has 1 heterocycles. The van der Waals surface area contributed by atoms with Crippen LogP contribution >= 0.6 is 0 Å². The fourth-order valence-electron chi connectivity index (χ4n) is 2.64. The Hall–Kier alpha value is -4.35. The van der Waals surface area contributed by atoms with E-state index < -0.39 is 0 Å². The molecule has 0 bridgehead atoms. The van der Waals surface area contributed by atoms with Gasteiger partial charge in [-0.2, -0.15) is 0 Å². The molecule has 0 radical (unpaired) electrons. The van der Waals surface area contributed by atoms with Crippen molar-refractivity contribution >= 4 is 11.6 Å². The van der Waals surface area contributed by atoms with E-state index in [0.29, 0.717) is 22.6 Å². The molecule has 1 aromatic heterocycles. The maximum Gasteiger partial charge on any atom is 0.211 e. The van der Waals surface area contributed by atoms with Crippen molar-refractivity contribution in [1.29, 1.82) is 0 Å². The second-order valence-corrected chi connectivity index (χ2v) is 6.10. The molecular weight excluding hydrogens is 378 g/mol. The lowest BCUT2D eigenvalue weighted by atomic mass is 10.0. The van der Waals surface area contributed by atoms with E-state index in [9.17, 15) is 9.59 Å². The van der Waals surface area contributed by atoms with Crippen molar-refractivity contribution < 1.29 is 19.1 Å². The number of terminal acetylenes is 2. The first-order valence-corrected chi connectivity index (χ1v) is 9.01. The fraction of sp³-hybridized carbons (Fsp3) is 0.0800. The molecule has 0 N–H and O–H groups in total. The first kappa shape index (κ1) is 20.4. The lowest BCUT2D eigenvalue weighted by Gasteiger charge is -2.06. The highest BCUT2D eigenvalue weighted by Crippen LogP contribution is 2.17. The van der Waals surface area contributed by atoms with Crippen LogP contribution < -0.4 is 9.47 Å². The number of aromatic nitrogens is 1. The number of nitrogens with zero attached hydrogens (tertiary/aromatic N) is 1. The molecule has 5 nitrogen and oxygen atoms in total. The Morgan fingerprint density at radius 1 is 0.700 bits per heavy atom. The predicted molar refractivity (Wildman–Crippen MR) is 113 cm³/mol. The van der Waals surface area contributed by atoms with E-state index in [1.54, 1.807) is 66.7 Å². The average Bonchev–Trinajstić information content (AvgIpc) is 2.81. The number of ketones is 2. The summed E-state index contributed by atoms with van der Waals surface area (Å²) in [5.41, 5.74) is 1.20. The first-order valence-electron chi connectivity index (χ1n) is 9.01. The molecular formula is C25H17NO4. The van der Waals surface area contributed by atoms with Crippen LogP contribution in [0.1, 0.15) is 32.1 Å². The summed E-state index contributed by atoms with van der Waals surface area (Å²) in [6.45, 7) is 0.298. The number of carbonyl (C=O) groups excluding carboxylic acids is 2. The number of rotatable bonds is 8. The summed E-state index contributed by atoms with van der Waals surface area (Å²) in [5, 5.41) is 0. The molecule has 146 valence electrons. The van der Waals surface area contributed by atoms with Gasteiger partial charge < -0.3 is 9.47 Å². The highest BCUT2D eigenvalue weighted by Gasteiger charge is 2.15. The van der Waals surface area contributed by atoms with E-state index >= 15 is 0 Å². The third kappa shape index (κ3) is 4.92. The molecule has 0 fully saturated rings. The number of hydrogen-bond donors (Lipinski definition) is 0. The van der Waals surface area contributed by atoms with Gasteiger partial charge in [0.05, 0.1) is 0 Å². The zero-order valence-corrected chi connectivity index (χ0v) is 16.0. The third-order valence-electron chi connectivity index (χ3n) is 4.09. The van der Waals surface area contributed by atoms with Crippen LogP contribution in [0.25, 0.3) is 0 Å². The highest BCUT2D eigenvalue weighted by molar-refractivity contribution is 6.10. The van der Waals surface area contributed by atoms with Crippen molar-refractivity contribution in [3.63, 3.8) is 0 Å². The summed E-state index contributed by atoms with van der Waals surface area (Å²) in [5.74, 6) is 5.28. The van der Waals surface area contributed by atoms with Gasteiger partial charge in [0.2, 0.25) is 11.6 Å². The van der Waals surface area contributed by atoms with Gasteiger partial charge in [-0.3, -0.25) is 9.59 Å². The summed E-state index contributed by atoms with van der Waals surface area (Å²) < 4.78 is 10.6. The SMILES string of the molecule is C#CCOc1ccc(C(=O)c2cccc(C(=O)c3ccc(OCC#C)cc3)n2)cc1. The van der Waals surface area contributed by atoms with Gasteiger partial charge in [0, 0.05) is 11.1 Å². The van der Waals surface area contributed by atoms with E-state index in [0.717, 1.165) is 0 Å². The Balaban J connectivity index is 1.76. The summed E-state index contributed by atoms with van der Waals surface area (Å²) in [6, 6.07) is 17.9. The van der Waals surface area contributed by atoms with Crippen LogP contribution in [0.5, 0.6) is 11.5 Å². The van der Waals surface area contributed by atoms with Crippen molar-refractivity contribution in [2.45, 2.75) is 0 Å². The van der Waals surface area contributed by atoms with Gasteiger partial charge in [0.1, 0.15) is 36.1 Å². The van der Waals surface area contributed by atoms with Crippen LogP contribution in [-0.4, -0.2) is 29.8 Å². The van der Waals surface area contributed by atoms with E-state index in [4.69, 9.17) is 22.3 Å². The van der Waals surface area contributed by atoms with Crippen LogP contribution in [0, 0.1) is 24.7 Å². The number of pyridine rings is 1. The molecule has 3 aromatic rings. The molecule has 0 saturated carbocycles. The second kappa shape index (κ2) is 9.73. The molecule has 0 amide bonds. The van der Waals surface area contributed by atoms with Gasteiger partial charge >= 0.3 is 0 Å². The predicted octanol–water partition coefficient (Wildman–Crippen LogP) is 3.57. The third-order valence-corrected chi connectivity index (χ3v) is 4.09. The Kier molecular flexibility index (Phi) is 6.61. The largest absolute Gasteiger partial charge is 0.481 e. The normalized spacial score (nSPS) is 9.80. The van der Waals surface area contributed by atoms with E-state index in [2.05, 4.69) is 16.8 Å². The first-order chi connectivity index (χ1) is 14.6. The Morgan fingerprint density at radius 2 is 1.10 bits per heavy atom. The van der Waals surface area contributed by atoms with Gasteiger partial charge in [0.15, 0.2) is 0 Å². The molecule has 0 saturated heterocycles. The maximum absolute atomic E-state index is 12.7. The van der Waals surface area contributed by atoms with E-state index in [1.165, 1.54) is 0 Å². The highest BCUT2D eigenvalue weighted by atomic mass is 16.5. The quantitative estimate of drug-likeness (QED) is 0.431. The zero-order chi connectivity index (χ0) is 21.3. The minimum absolute atomic E-state index is 0.149. The average molecular weight is 395 g/mol. The van der Waals surface area contributed by atoms with Crippen LogP contribution in [0.15, 0.2) is 66.7 Å². The van der Waals surface area contributed by atoms with Gasteiger partial charge in [-0.05, 0) is 60.7 Å². The lowest BCUT2D eigenvalue weighted by Crippen LogP contribution is -2.10. The number of ether oxygens (including phenoxy) is 2. The maximum atomic E-state index is 12.7.